The fourth-order valence-electron chi connectivity index (χ4n) is 2.43. The fraction of sp³-hybridized carbons (Fsp3) is 0.308. The van der Waals surface area contributed by atoms with Gasteiger partial charge in [0.05, 0.1) is 12.8 Å². The number of nitrogens with zero attached hydrogens (tertiary/aromatic N) is 2. The van der Waals surface area contributed by atoms with Crippen LogP contribution in [0.5, 0.6) is 0 Å². The van der Waals surface area contributed by atoms with E-state index in [4.69, 9.17) is 17.0 Å². The monoisotopic (exact) mass is 386 g/mol. The third-order valence-corrected chi connectivity index (χ3v) is 5.72. The molecule has 3 rings (SSSR count). The maximum absolute atomic E-state index is 12.6. The number of thiocarbonyl (C=S) groups is 1. The van der Waals surface area contributed by atoms with Crippen molar-refractivity contribution in [1.82, 2.24) is 4.90 Å². The van der Waals surface area contributed by atoms with E-state index in [2.05, 4.69) is 15.9 Å². The SMILES string of the molecule is COC(=O)[C@H]1SC[C@@H]2C(=O)N(c3ccccc3Br)C(=S)N21. The lowest BCUT2D eigenvalue weighted by Gasteiger charge is -2.23. The van der Waals surface area contributed by atoms with Crippen molar-refractivity contribution in [3.63, 3.8) is 0 Å². The van der Waals surface area contributed by atoms with Crippen molar-refractivity contribution in [2.24, 2.45) is 0 Å². The van der Waals surface area contributed by atoms with Crippen LogP contribution < -0.4 is 4.90 Å². The molecule has 0 aliphatic carbocycles. The van der Waals surface area contributed by atoms with E-state index >= 15 is 0 Å². The number of benzene rings is 1. The molecule has 0 spiro atoms. The van der Waals surface area contributed by atoms with Crippen molar-refractivity contribution < 1.29 is 14.3 Å². The molecule has 0 radical (unpaired) electrons. The van der Waals surface area contributed by atoms with Crippen LogP contribution in [0.1, 0.15) is 0 Å². The molecule has 8 heteroatoms. The van der Waals surface area contributed by atoms with E-state index in [-0.39, 0.29) is 11.9 Å². The van der Waals surface area contributed by atoms with Crippen LogP contribution in [0.15, 0.2) is 28.7 Å². The number of anilines is 1. The molecular weight excluding hydrogens is 376 g/mol. The first-order chi connectivity index (χ1) is 10.1. The maximum Gasteiger partial charge on any atom is 0.339 e. The van der Waals surface area contributed by atoms with Crippen LogP contribution >= 0.6 is 39.9 Å². The number of halogens is 1. The Balaban J connectivity index is 1.97. The first-order valence-corrected chi connectivity index (χ1v) is 8.41. The zero-order valence-electron chi connectivity index (χ0n) is 11.0. The van der Waals surface area contributed by atoms with Gasteiger partial charge in [0.1, 0.15) is 6.04 Å². The van der Waals surface area contributed by atoms with Crippen LogP contribution in [0.25, 0.3) is 0 Å². The minimum absolute atomic E-state index is 0.106. The van der Waals surface area contributed by atoms with E-state index < -0.39 is 11.4 Å². The number of para-hydroxylation sites is 1. The highest BCUT2D eigenvalue weighted by molar-refractivity contribution is 9.10. The number of fused-ring (bicyclic) bond motifs is 1. The second kappa shape index (κ2) is 5.58. The third-order valence-electron chi connectivity index (χ3n) is 3.41. The molecule has 0 unspecified atom stereocenters. The molecule has 2 saturated heterocycles. The molecule has 2 atom stereocenters. The summed E-state index contributed by atoms with van der Waals surface area (Å²) in [5.41, 5.74) is 0.690. The Morgan fingerprint density at radius 3 is 2.86 bits per heavy atom. The number of hydrogen-bond donors (Lipinski definition) is 0. The molecule has 21 heavy (non-hydrogen) atoms. The zero-order valence-corrected chi connectivity index (χ0v) is 14.2. The van der Waals surface area contributed by atoms with Crippen LogP contribution in [0.3, 0.4) is 0 Å². The highest BCUT2D eigenvalue weighted by Crippen LogP contribution is 2.39. The van der Waals surface area contributed by atoms with Crippen LogP contribution in [0.2, 0.25) is 0 Å². The molecule has 1 amide bonds. The first kappa shape index (κ1) is 14.8. The minimum atomic E-state index is -0.552. The summed E-state index contributed by atoms with van der Waals surface area (Å²) in [5, 5.41) is -0.207. The number of rotatable bonds is 2. The summed E-state index contributed by atoms with van der Waals surface area (Å²) in [4.78, 5) is 27.6. The van der Waals surface area contributed by atoms with Gasteiger partial charge in [0.25, 0.3) is 5.91 Å². The molecular formula is C13H11BrN2O3S2. The molecule has 1 aromatic carbocycles. The van der Waals surface area contributed by atoms with Gasteiger partial charge in [0.2, 0.25) is 0 Å². The topological polar surface area (TPSA) is 49.9 Å². The number of carbonyl (C=O) groups is 2. The van der Waals surface area contributed by atoms with Gasteiger partial charge in [-0.3, -0.25) is 9.69 Å². The van der Waals surface area contributed by atoms with Gasteiger partial charge in [-0.15, -0.1) is 11.8 Å². The van der Waals surface area contributed by atoms with E-state index in [0.717, 1.165) is 4.47 Å². The van der Waals surface area contributed by atoms with Gasteiger partial charge in [-0.05, 0) is 40.3 Å². The first-order valence-electron chi connectivity index (χ1n) is 6.16. The number of ether oxygens (including phenoxy) is 1. The maximum atomic E-state index is 12.6. The zero-order chi connectivity index (χ0) is 15.1. The minimum Gasteiger partial charge on any atom is -0.467 e. The number of methoxy groups -OCH3 is 1. The van der Waals surface area contributed by atoms with Crippen LogP contribution in [0, 0.1) is 0 Å². The molecule has 2 heterocycles. The Morgan fingerprint density at radius 1 is 1.48 bits per heavy atom. The van der Waals surface area contributed by atoms with Crippen molar-refractivity contribution in [2.45, 2.75) is 11.4 Å². The molecule has 2 fully saturated rings. The second-order valence-corrected chi connectivity index (χ2v) is 6.87. The second-order valence-electron chi connectivity index (χ2n) is 4.54. The molecule has 0 N–H and O–H groups in total. The summed E-state index contributed by atoms with van der Waals surface area (Å²) in [5.74, 6) is 0.0390. The van der Waals surface area contributed by atoms with Gasteiger partial charge in [-0.1, -0.05) is 12.1 Å². The molecule has 0 bridgehead atoms. The van der Waals surface area contributed by atoms with Crippen LogP contribution in [-0.2, 0) is 14.3 Å². The van der Waals surface area contributed by atoms with Gasteiger partial charge in [0.15, 0.2) is 10.5 Å². The van der Waals surface area contributed by atoms with Gasteiger partial charge >= 0.3 is 5.97 Å². The average molecular weight is 387 g/mol. The van der Waals surface area contributed by atoms with Crippen LogP contribution in [0.4, 0.5) is 5.69 Å². The Morgan fingerprint density at radius 2 is 2.19 bits per heavy atom. The van der Waals surface area contributed by atoms with Gasteiger partial charge in [-0.25, -0.2) is 4.79 Å². The predicted octanol–water partition coefficient (Wildman–Crippen LogP) is 2.00. The average Bonchev–Trinajstić information content (AvgIpc) is 3.01. The van der Waals surface area contributed by atoms with Gasteiger partial charge < -0.3 is 9.64 Å². The van der Waals surface area contributed by atoms with Crippen molar-refractivity contribution in [3.8, 4) is 0 Å². The Hall–Kier alpha value is -1.12. The highest BCUT2D eigenvalue weighted by atomic mass is 79.9. The van der Waals surface area contributed by atoms with Gasteiger partial charge in [-0.2, -0.15) is 0 Å². The fourth-order valence-corrected chi connectivity index (χ4v) is 4.68. The van der Waals surface area contributed by atoms with Crippen molar-refractivity contribution >= 4 is 62.6 Å². The van der Waals surface area contributed by atoms with Gasteiger partial charge in [0, 0.05) is 10.2 Å². The summed E-state index contributed by atoms with van der Waals surface area (Å²) in [7, 11) is 1.34. The smallest absolute Gasteiger partial charge is 0.339 e. The van der Waals surface area contributed by atoms with E-state index in [1.807, 2.05) is 24.3 Å². The third kappa shape index (κ3) is 2.25. The standard InChI is InChI=1S/C13H11BrN2O3S2/c1-19-12(18)11-16-9(6-21-11)10(17)15(13(16)20)8-5-3-2-4-7(8)14/h2-5,9,11H,6H2,1H3/t9-,11-/m1/s1. The lowest BCUT2D eigenvalue weighted by molar-refractivity contribution is -0.142. The number of carbonyl (C=O) groups excluding carboxylic acids is 2. The van der Waals surface area contributed by atoms with Crippen molar-refractivity contribution in [1.29, 1.82) is 0 Å². The number of hydrogen-bond acceptors (Lipinski definition) is 5. The quantitative estimate of drug-likeness (QED) is 0.572. The molecule has 5 nitrogen and oxygen atoms in total. The normalized spacial score (nSPS) is 24.5. The summed E-state index contributed by atoms with van der Waals surface area (Å²) in [6.45, 7) is 0. The summed E-state index contributed by atoms with van der Waals surface area (Å²) in [6, 6.07) is 6.97. The van der Waals surface area contributed by atoms with E-state index in [1.165, 1.54) is 23.8 Å². The molecule has 2 aliphatic rings. The lowest BCUT2D eigenvalue weighted by Crippen LogP contribution is -2.41. The van der Waals surface area contributed by atoms with E-state index in [9.17, 15) is 9.59 Å². The Kier molecular flexibility index (Phi) is 3.94. The molecule has 0 saturated carbocycles. The Bertz CT molecular complexity index is 640. The summed E-state index contributed by atoms with van der Waals surface area (Å²) in [6.07, 6.45) is 0. The van der Waals surface area contributed by atoms with Crippen molar-refractivity contribution in [2.75, 3.05) is 17.8 Å². The summed E-state index contributed by atoms with van der Waals surface area (Å²) >= 11 is 10.2. The summed E-state index contributed by atoms with van der Waals surface area (Å²) < 4.78 is 5.57. The van der Waals surface area contributed by atoms with Crippen molar-refractivity contribution in [3.05, 3.63) is 28.7 Å². The molecule has 0 aromatic heterocycles. The molecule has 1 aromatic rings. The molecule has 2 aliphatic heterocycles. The molecule has 110 valence electrons. The number of amides is 1. The largest absolute Gasteiger partial charge is 0.467 e. The predicted molar refractivity (Wildman–Crippen MR) is 88.1 cm³/mol. The number of esters is 1. The number of thioether (sulfide) groups is 1. The van der Waals surface area contributed by atoms with Crippen LogP contribution in [-0.4, -0.2) is 46.2 Å². The highest BCUT2D eigenvalue weighted by Gasteiger charge is 2.53. The Labute approximate surface area is 139 Å². The van der Waals surface area contributed by atoms with E-state index in [1.54, 1.807) is 4.90 Å². The lowest BCUT2D eigenvalue weighted by atomic mass is 10.2. The van der Waals surface area contributed by atoms with E-state index in [0.29, 0.717) is 16.6 Å².